The highest BCUT2D eigenvalue weighted by Crippen LogP contribution is 2.32. The highest BCUT2D eigenvalue weighted by atomic mass is 32.1. The molecule has 0 atom stereocenters. The maximum Gasteiger partial charge on any atom is 0.200 e. The van der Waals surface area contributed by atoms with E-state index in [9.17, 15) is 4.39 Å². The number of rotatable bonds is 0. The van der Waals surface area contributed by atoms with Crippen molar-refractivity contribution >= 4 is 27.1 Å². The van der Waals surface area contributed by atoms with Gasteiger partial charge in [0, 0.05) is 10.1 Å². The predicted octanol–water partition coefficient (Wildman–Crippen LogP) is 2.93. The first-order valence-electron chi connectivity index (χ1n) is 3.62. The lowest BCUT2D eigenvalue weighted by molar-refractivity contribution is 0.662. The van der Waals surface area contributed by atoms with E-state index in [1.54, 1.807) is 0 Å². The van der Waals surface area contributed by atoms with Crippen LogP contribution in [0.3, 0.4) is 0 Å². The number of hydrogen-bond donors (Lipinski definition) is 1. The van der Waals surface area contributed by atoms with E-state index >= 15 is 0 Å². The molecule has 0 aliphatic heterocycles. The zero-order valence-electron chi connectivity index (χ0n) is 6.60. The van der Waals surface area contributed by atoms with Crippen LogP contribution in [0.5, 0.6) is 0 Å². The Morgan fingerprint density at radius 2 is 2.17 bits per heavy atom. The Balaban J connectivity index is 2.88. The van der Waals surface area contributed by atoms with E-state index in [2.05, 4.69) is 0 Å². The average molecular weight is 181 g/mol. The number of aryl methyl sites for hydroxylation is 1. The molecule has 2 rings (SSSR count). The van der Waals surface area contributed by atoms with Crippen molar-refractivity contribution in [3.05, 3.63) is 28.9 Å². The second kappa shape index (κ2) is 2.45. The minimum atomic E-state index is -0.282. The Labute approximate surface area is 73.6 Å². The van der Waals surface area contributed by atoms with Crippen molar-refractivity contribution in [1.29, 1.82) is 0 Å². The highest BCUT2D eigenvalue weighted by Gasteiger charge is 2.07. The number of fused-ring (bicyclic) bond motifs is 1. The van der Waals surface area contributed by atoms with E-state index in [0.717, 1.165) is 27.0 Å². The first-order chi connectivity index (χ1) is 5.68. The molecule has 0 spiro atoms. The smallest absolute Gasteiger partial charge is 0.200 e. The molecular weight excluding hydrogens is 173 g/mol. The lowest BCUT2D eigenvalue weighted by Gasteiger charge is -1.92. The zero-order chi connectivity index (χ0) is 8.72. The Bertz CT molecular complexity index is 433. The molecule has 0 aliphatic carbocycles. The standard InChI is InChI=1S/C9H8FNS/c1-5-2-3-7-6(4-5)8(11)9(10)12-7/h2-4H,11H2,1H3. The Kier molecular flexibility index (Phi) is 1.54. The Morgan fingerprint density at radius 3 is 2.92 bits per heavy atom. The number of benzene rings is 1. The number of nitrogens with two attached hydrogens (primary N) is 1. The van der Waals surface area contributed by atoms with Gasteiger partial charge in [-0.25, -0.2) is 0 Å². The predicted molar refractivity (Wildman–Crippen MR) is 50.9 cm³/mol. The van der Waals surface area contributed by atoms with Crippen LogP contribution in [0.2, 0.25) is 0 Å². The molecule has 0 saturated carbocycles. The van der Waals surface area contributed by atoms with E-state index in [1.165, 1.54) is 0 Å². The molecular formula is C9H8FNS. The molecule has 1 nitrogen and oxygen atoms in total. The van der Waals surface area contributed by atoms with Crippen LogP contribution in [0.4, 0.5) is 10.1 Å². The van der Waals surface area contributed by atoms with Crippen molar-refractivity contribution in [1.82, 2.24) is 0 Å². The maximum absolute atomic E-state index is 13.0. The number of thiophene rings is 1. The van der Waals surface area contributed by atoms with Gasteiger partial charge in [0.25, 0.3) is 0 Å². The fraction of sp³-hybridized carbons (Fsp3) is 0.111. The molecule has 0 bridgehead atoms. The largest absolute Gasteiger partial charge is 0.395 e. The minimum Gasteiger partial charge on any atom is -0.395 e. The Hall–Kier alpha value is -1.09. The van der Waals surface area contributed by atoms with Crippen LogP contribution in [0.25, 0.3) is 10.1 Å². The van der Waals surface area contributed by atoms with Crippen molar-refractivity contribution in [2.75, 3.05) is 5.73 Å². The molecule has 0 amide bonds. The summed E-state index contributed by atoms with van der Waals surface area (Å²) in [5, 5.41) is 0.549. The molecule has 3 heteroatoms. The molecule has 0 fully saturated rings. The summed E-state index contributed by atoms with van der Waals surface area (Å²) in [6.45, 7) is 1.97. The minimum absolute atomic E-state index is 0.277. The lowest BCUT2D eigenvalue weighted by atomic mass is 10.2. The van der Waals surface area contributed by atoms with E-state index in [-0.39, 0.29) is 10.8 Å². The monoisotopic (exact) mass is 181 g/mol. The summed E-state index contributed by atoms with van der Waals surface area (Å²) in [7, 11) is 0. The zero-order valence-corrected chi connectivity index (χ0v) is 7.41. The summed E-state index contributed by atoms with van der Waals surface area (Å²) in [4.78, 5) is 0. The first-order valence-corrected chi connectivity index (χ1v) is 4.44. The quantitative estimate of drug-likeness (QED) is 0.664. The molecule has 0 radical (unpaired) electrons. The number of nitrogen functional groups attached to an aromatic ring is 1. The first kappa shape index (κ1) is 7.55. The summed E-state index contributed by atoms with van der Waals surface area (Å²) < 4.78 is 13.9. The van der Waals surface area contributed by atoms with Gasteiger partial charge in [-0.05, 0) is 19.1 Å². The third-order valence-corrected chi connectivity index (χ3v) is 2.81. The second-order valence-electron chi connectivity index (χ2n) is 2.79. The van der Waals surface area contributed by atoms with Crippen LogP contribution >= 0.6 is 11.3 Å². The third kappa shape index (κ3) is 0.975. The van der Waals surface area contributed by atoms with Gasteiger partial charge >= 0.3 is 0 Å². The van der Waals surface area contributed by atoms with E-state index < -0.39 is 0 Å². The van der Waals surface area contributed by atoms with Crippen molar-refractivity contribution in [2.24, 2.45) is 0 Å². The van der Waals surface area contributed by atoms with Gasteiger partial charge in [0.05, 0.1) is 5.69 Å². The number of halogens is 1. The van der Waals surface area contributed by atoms with E-state index in [0.29, 0.717) is 0 Å². The lowest BCUT2D eigenvalue weighted by Crippen LogP contribution is -1.84. The third-order valence-electron chi connectivity index (χ3n) is 1.84. The molecule has 12 heavy (non-hydrogen) atoms. The van der Waals surface area contributed by atoms with Crippen LogP contribution in [0.1, 0.15) is 5.56 Å². The summed E-state index contributed by atoms with van der Waals surface area (Å²) in [6, 6.07) is 5.76. The van der Waals surface area contributed by atoms with Gasteiger partial charge < -0.3 is 5.73 Å². The number of hydrogen-bond acceptors (Lipinski definition) is 2. The van der Waals surface area contributed by atoms with E-state index in [4.69, 9.17) is 5.73 Å². The molecule has 0 saturated heterocycles. The van der Waals surface area contributed by atoms with Crippen LogP contribution in [0, 0.1) is 12.1 Å². The van der Waals surface area contributed by atoms with Crippen LogP contribution in [0.15, 0.2) is 18.2 Å². The van der Waals surface area contributed by atoms with Crippen LogP contribution in [-0.2, 0) is 0 Å². The normalized spacial score (nSPS) is 10.8. The van der Waals surface area contributed by atoms with Gasteiger partial charge in [-0.1, -0.05) is 11.6 Å². The SMILES string of the molecule is Cc1ccc2sc(F)c(N)c2c1. The van der Waals surface area contributed by atoms with Gasteiger partial charge in [0.2, 0.25) is 5.13 Å². The van der Waals surface area contributed by atoms with Crippen molar-refractivity contribution in [3.8, 4) is 0 Å². The van der Waals surface area contributed by atoms with Crippen LogP contribution in [-0.4, -0.2) is 0 Å². The molecule has 1 aromatic carbocycles. The molecule has 0 aliphatic rings. The molecule has 62 valence electrons. The number of anilines is 1. The molecule has 0 unspecified atom stereocenters. The molecule has 1 heterocycles. The maximum atomic E-state index is 13.0. The highest BCUT2D eigenvalue weighted by molar-refractivity contribution is 7.18. The fourth-order valence-corrected chi connectivity index (χ4v) is 2.03. The van der Waals surface area contributed by atoms with Crippen molar-refractivity contribution in [3.63, 3.8) is 0 Å². The second-order valence-corrected chi connectivity index (χ2v) is 3.79. The van der Waals surface area contributed by atoms with E-state index in [1.807, 2.05) is 25.1 Å². The summed E-state index contributed by atoms with van der Waals surface area (Å²) in [5.41, 5.74) is 6.92. The average Bonchev–Trinajstić information content (AvgIpc) is 2.31. The van der Waals surface area contributed by atoms with Crippen molar-refractivity contribution in [2.45, 2.75) is 6.92 Å². The van der Waals surface area contributed by atoms with Gasteiger partial charge in [0.1, 0.15) is 0 Å². The summed E-state index contributed by atoms with van der Waals surface area (Å²) >= 11 is 1.10. The Morgan fingerprint density at radius 1 is 1.42 bits per heavy atom. The molecule has 1 aromatic heterocycles. The summed E-state index contributed by atoms with van der Waals surface area (Å²) in [6.07, 6.45) is 0. The van der Waals surface area contributed by atoms with Gasteiger partial charge in [-0.15, -0.1) is 11.3 Å². The van der Waals surface area contributed by atoms with Gasteiger partial charge in [-0.3, -0.25) is 0 Å². The van der Waals surface area contributed by atoms with Crippen LogP contribution < -0.4 is 5.73 Å². The van der Waals surface area contributed by atoms with Gasteiger partial charge in [-0.2, -0.15) is 4.39 Å². The topological polar surface area (TPSA) is 26.0 Å². The molecule has 2 N–H and O–H groups in total. The fourth-order valence-electron chi connectivity index (χ4n) is 1.20. The van der Waals surface area contributed by atoms with Crippen molar-refractivity contribution < 1.29 is 4.39 Å². The van der Waals surface area contributed by atoms with Gasteiger partial charge in [0.15, 0.2) is 0 Å². The summed E-state index contributed by atoms with van der Waals surface area (Å²) in [5.74, 6) is 0. The molecule has 2 aromatic rings.